The van der Waals surface area contributed by atoms with Crippen molar-refractivity contribution in [2.24, 2.45) is 0 Å². The third kappa shape index (κ3) is 3.33. The van der Waals surface area contributed by atoms with Gasteiger partial charge in [0.1, 0.15) is 17.3 Å². The molecule has 0 spiro atoms. The molecule has 0 radical (unpaired) electrons. The van der Waals surface area contributed by atoms with E-state index < -0.39 is 0 Å². The van der Waals surface area contributed by atoms with Crippen LogP contribution < -0.4 is 14.8 Å². The summed E-state index contributed by atoms with van der Waals surface area (Å²) in [4.78, 5) is 0. The molecule has 0 aliphatic carbocycles. The smallest absolute Gasteiger partial charge is 0.125 e. The number of methoxy groups -OCH3 is 2. The van der Waals surface area contributed by atoms with Gasteiger partial charge in [-0.25, -0.2) is 4.39 Å². The molecule has 0 aromatic heterocycles. The van der Waals surface area contributed by atoms with Crippen LogP contribution in [0.3, 0.4) is 0 Å². The largest absolute Gasteiger partial charge is 0.497 e. The Kier molecular flexibility index (Phi) is 4.69. The van der Waals surface area contributed by atoms with Gasteiger partial charge in [0, 0.05) is 12.1 Å². The van der Waals surface area contributed by atoms with Crippen molar-refractivity contribution in [3.05, 3.63) is 52.8 Å². The van der Waals surface area contributed by atoms with Gasteiger partial charge in [0.15, 0.2) is 0 Å². The van der Waals surface area contributed by atoms with Crippen molar-refractivity contribution in [2.75, 3.05) is 19.5 Å². The van der Waals surface area contributed by atoms with E-state index in [9.17, 15) is 4.39 Å². The number of benzene rings is 2. The molecule has 0 heterocycles. The lowest BCUT2D eigenvalue weighted by Crippen LogP contribution is -2.03. The molecule has 2 rings (SSSR count). The Bertz CT molecular complexity index is 604. The maximum Gasteiger partial charge on any atom is 0.125 e. The molecular weight excluding hydrogens is 281 g/mol. The molecule has 1 N–H and O–H groups in total. The molecule has 0 atom stereocenters. The fourth-order valence-electron chi connectivity index (χ4n) is 1.84. The number of hydrogen-bond donors (Lipinski definition) is 1. The normalized spacial score (nSPS) is 10.2. The van der Waals surface area contributed by atoms with Gasteiger partial charge in [0.2, 0.25) is 0 Å². The molecule has 0 aliphatic rings. The molecule has 0 unspecified atom stereocenters. The summed E-state index contributed by atoms with van der Waals surface area (Å²) in [6.07, 6.45) is 0. The van der Waals surface area contributed by atoms with Gasteiger partial charge in [-0.05, 0) is 36.4 Å². The average molecular weight is 296 g/mol. The van der Waals surface area contributed by atoms with Crippen LogP contribution in [0.5, 0.6) is 11.5 Å². The highest BCUT2D eigenvalue weighted by atomic mass is 35.5. The summed E-state index contributed by atoms with van der Waals surface area (Å²) >= 11 is 6.01. The van der Waals surface area contributed by atoms with E-state index in [0.29, 0.717) is 17.3 Å². The molecule has 2 aromatic rings. The standard InChI is InChI=1S/C15H15ClFNO2/c1-19-12-4-6-15(20-2)10(7-12)9-18-14-8-11(17)3-5-13(14)16/h3-8,18H,9H2,1-2H3. The third-order valence-electron chi connectivity index (χ3n) is 2.89. The number of hydrogen-bond acceptors (Lipinski definition) is 3. The predicted molar refractivity (Wildman–Crippen MR) is 78.3 cm³/mol. The van der Waals surface area contributed by atoms with Crippen molar-refractivity contribution < 1.29 is 13.9 Å². The summed E-state index contributed by atoms with van der Waals surface area (Å²) < 4.78 is 23.7. The van der Waals surface area contributed by atoms with Crippen LogP contribution in [-0.2, 0) is 6.54 Å². The monoisotopic (exact) mass is 295 g/mol. The average Bonchev–Trinajstić information content (AvgIpc) is 2.47. The fraction of sp³-hybridized carbons (Fsp3) is 0.200. The summed E-state index contributed by atoms with van der Waals surface area (Å²) in [6, 6.07) is 9.69. The Hall–Kier alpha value is -1.94. The van der Waals surface area contributed by atoms with Crippen LogP contribution in [-0.4, -0.2) is 14.2 Å². The SMILES string of the molecule is COc1ccc(OC)c(CNc2cc(F)ccc2Cl)c1. The van der Waals surface area contributed by atoms with Crippen molar-refractivity contribution in [1.29, 1.82) is 0 Å². The van der Waals surface area contributed by atoms with Gasteiger partial charge in [-0.1, -0.05) is 11.6 Å². The molecular formula is C15H15ClFNO2. The number of nitrogens with one attached hydrogen (secondary N) is 1. The highest BCUT2D eigenvalue weighted by Crippen LogP contribution is 2.27. The highest BCUT2D eigenvalue weighted by Gasteiger charge is 2.07. The zero-order valence-corrected chi connectivity index (χ0v) is 12.0. The predicted octanol–water partition coefficient (Wildman–Crippen LogP) is 4.11. The molecule has 0 saturated carbocycles. The van der Waals surface area contributed by atoms with Gasteiger partial charge in [0.25, 0.3) is 0 Å². The minimum Gasteiger partial charge on any atom is -0.497 e. The maximum atomic E-state index is 13.2. The van der Waals surface area contributed by atoms with E-state index in [1.807, 2.05) is 18.2 Å². The van der Waals surface area contributed by atoms with Crippen LogP contribution in [0.15, 0.2) is 36.4 Å². The number of ether oxygens (including phenoxy) is 2. The minimum absolute atomic E-state index is 0.338. The second kappa shape index (κ2) is 6.48. The molecule has 0 fully saturated rings. The number of anilines is 1. The second-order valence-corrected chi connectivity index (χ2v) is 4.56. The summed E-state index contributed by atoms with van der Waals surface area (Å²) in [5, 5.41) is 3.55. The van der Waals surface area contributed by atoms with Crippen LogP contribution in [0.4, 0.5) is 10.1 Å². The molecule has 106 valence electrons. The fourth-order valence-corrected chi connectivity index (χ4v) is 2.03. The van der Waals surface area contributed by atoms with E-state index in [-0.39, 0.29) is 5.82 Å². The molecule has 0 bridgehead atoms. The Labute approximate surface area is 122 Å². The van der Waals surface area contributed by atoms with Crippen molar-refractivity contribution in [1.82, 2.24) is 0 Å². The molecule has 0 amide bonds. The van der Waals surface area contributed by atoms with Crippen molar-refractivity contribution in [3.63, 3.8) is 0 Å². The number of rotatable bonds is 5. The van der Waals surface area contributed by atoms with Crippen LogP contribution in [0.1, 0.15) is 5.56 Å². The molecule has 20 heavy (non-hydrogen) atoms. The van der Waals surface area contributed by atoms with E-state index in [2.05, 4.69) is 5.32 Å². The lowest BCUT2D eigenvalue weighted by atomic mass is 10.2. The molecule has 5 heteroatoms. The van der Waals surface area contributed by atoms with Crippen LogP contribution in [0.25, 0.3) is 0 Å². The topological polar surface area (TPSA) is 30.5 Å². The van der Waals surface area contributed by atoms with Crippen LogP contribution >= 0.6 is 11.6 Å². The van der Waals surface area contributed by atoms with E-state index in [1.54, 1.807) is 14.2 Å². The van der Waals surface area contributed by atoms with E-state index in [1.165, 1.54) is 18.2 Å². The molecule has 0 aliphatic heterocycles. The Morgan fingerprint density at radius 1 is 1.10 bits per heavy atom. The molecule has 3 nitrogen and oxygen atoms in total. The van der Waals surface area contributed by atoms with Gasteiger partial charge in [-0.15, -0.1) is 0 Å². The Morgan fingerprint density at radius 3 is 2.60 bits per heavy atom. The second-order valence-electron chi connectivity index (χ2n) is 4.16. The van der Waals surface area contributed by atoms with Gasteiger partial charge in [0.05, 0.1) is 24.9 Å². The first-order valence-electron chi connectivity index (χ1n) is 6.04. The first-order valence-corrected chi connectivity index (χ1v) is 6.41. The molecule has 2 aromatic carbocycles. The molecule has 0 saturated heterocycles. The van der Waals surface area contributed by atoms with E-state index in [0.717, 1.165) is 17.1 Å². The third-order valence-corrected chi connectivity index (χ3v) is 3.21. The first-order chi connectivity index (χ1) is 9.63. The Morgan fingerprint density at radius 2 is 1.90 bits per heavy atom. The van der Waals surface area contributed by atoms with Crippen molar-refractivity contribution in [3.8, 4) is 11.5 Å². The van der Waals surface area contributed by atoms with Crippen LogP contribution in [0.2, 0.25) is 5.02 Å². The highest BCUT2D eigenvalue weighted by molar-refractivity contribution is 6.33. The summed E-state index contributed by atoms with van der Waals surface area (Å²) in [6.45, 7) is 0.448. The van der Waals surface area contributed by atoms with E-state index in [4.69, 9.17) is 21.1 Å². The van der Waals surface area contributed by atoms with Gasteiger partial charge < -0.3 is 14.8 Å². The summed E-state index contributed by atoms with van der Waals surface area (Å²) in [7, 11) is 3.20. The van der Waals surface area contributed by atoms with Crippen molar-refractivity contribution in [2.45, 2.75) is 6.54 Å². The zero-order valence-electron chi connectivity index (χ0n) is 11.2. The number of halogens is 2. The Balaban J connectivity index is 2.19. The van der Waals surface area contributed by atoms with Gasteiger partial charge in [-0.3, -0.25) is 0 Å². The summed E-state index contributed by atoms with van der Waals surface area (Å²) in [5.74, 6) is 1.12. The van der Waals surface area contributed by atoms with Gasteiger partial charge >= 0.3 is 0 Å². The van der Waals surface area contributed by atoms with Gasteiger partial charge in [-0.2, -0.15) is 0 Å². The quantitative estimate of drug-likeness (QED) is 0.900. The lowest BCUT2D eigenvalue weighted by Gasteiger charge is -2.13. The zero-order chi connectivity index (χ0) is 14.5. The lowest BCUT2D eigenvalue weighted by molar-refractivity contribution is 0.399. The van der Waals surface area contributed by atoms with Crippen molar-refractivity contribution >= 4 is 17.3 Å². The minimum atomic E-state index is -0.338. The summed E-state index contributed by atoms with van der Waals surface area (Å²) in [5.41, 5.74) is 1.43. The van der Waals surface area contributed by atoms with E-state index >= 15 is 0 Å². The maximum absolute atomic E-state index is 13.2. The first kappa shape index (κ1) is 14.5. The van der Waals surface area contributed by atoms with Crippen LogP contribution in [0, 0.1) is 5.82 Å².